The lowest BCUT2D eigenvalue weighted by atomic mass is 9.91. The molecule has 0 saturated heterocycles. The number of carbonyl (C=O) groups is 1. The summed E-state index contributed by atoms with van der Waals surface area (Å²) in [6, 6.07) is 8.53. The first kappa shape index (κ1) is 14.7. The maximum Gasteiger partial charge on any atom is 0.173 e. The van der Waals surface area contributed by atoms with Gasteiger partial charge in [-0.1, -0.05) is 13.0 Å². The Morgan fingerprint density at radius 2 is 1.76 bits per heavy atom. The fourth-order valence-electron chi connectivity index (χ4n) is 2.09. The van der Waals surface area contributed by atoms with Gasteiger partial charge in [-0.05, 0) is 29.8 Å². The molecule has 21 heavy (non-hydrogen) atoms. The van der Waals surface area contributed by atoms with Gasteiger partial charge in [0.05, 0.1) is 12.7 Å². The molecule has 0 aliphatic heterocycles. The van der Waals surface area contributed by atoms with Crippen LogP contribution < -0.4 is 4.74 Å². The molecule has 5 heteroatoms. The third-order valence-electron chi connectivity index (χ3n) is 3.34. The van der Waals surface area contributed by atoms with Gasteiger partial charge in [0.2, 0.25) is 0 Å². The molecule has 1 atom stereocenters. The van der Waals surface area contributed by atoms with Crippen molar-refractivity contribution in [2.45, 2.75) is 12.8 Å². The molecular weight excluding hydrogens is 272 g/mol. The number of phenolic OH excluding ortho intramolecular Hbond substituents is 3. The summed E-state index contributed by atoms with van der Waals surface area (Å²) >= 11 is 0. The third kappa shape index (κ3) is 2.91. The zero-order chi connectivity index (χ0) is 15.6. The van der Waals surface area contributed by atoms with Crippen molar-refractivity contribution in [3.05, 3.63) is 47.5 Å². The average Bonchev–Trinajstić information content (AvgIpc) is 2.45. The van der Waals surface area contributed by atoms with Crippen LogP contribution in [0.1, 0.15) is 28.8 Å². The fraction of sp³-hybridized carbons (Fsp3) is 0.188. The molecule has 0 fully saturated rings. The van der Waals surface area contributed by atoms with Crippen molar-refractivity contribution < 1.29 is 24.9 Å². The second kappa shape index (κ2) is 5.75. The largest absolute Gasteiger partial charge is 0.508 e. The van der Waals surface area contributed by atoms with Crippen LogP contribution in [-0.2, 0) is 0 Å². The maximum absolute atomic E-state index is 12.4. The number of ether oxygens (including phenoxy) is 1. The van der Waals surface area contributed by atoms with Crippen molar-refractivity contribution in [1.29, 1.82) is 0 Å². The first-order valence-electron chi connectivity index (χ1n) is 6.37. The van der Waals surface area contributed by atoms with Gasteiger partial charge in [-0.2, -0.15) is 0 Å². The summed E-state index contributed by atoms with van der Waals surface area (Å²) in [6.45, 7) is 1.68. The molecule has 0 spiro atoms. The highest BCUT2D eigenvalue weighted by Crippen LogP contribution is 2.32. The topological polar surface area (TPSA) is 87.0 Å². The van der Waals surface area contributed by atoms with Crippen LogP contribution in [0.4, 0.5) is 0 Å². The maximum atomic E-state index is 12.4. The minimum Gasteiger partial charge on any atom is -0.508 e. The highest BCUT2D eigenvalue weighted by atomic mass is 16.5. The normalized spacial score (nSPS) is 11.9. The van der Waals surface area contributed by atoms with Crippen molar-refractivity contribution in [2.75, 3.05) is 7.11 Å². The first-order chi connectivity index (χ1) is 9.93. The van der Waals surface area contributed by atoms with E-state index in [2.05, 4.69) is 0 Å². The van der Waals surface area contributed by atoms with Gasteiger partial charge < -0.3 is 20.1 Å². The number of carbonyl (C=O) groups excluding carboxylic acids is 1. The molecule has 5 nitrogen and oxygen atoms in total. The second-order valence-corrected chi connectivity index (χ2v) is 4.72. The Morgan fingerprint density at radius 1 is 1.05 bits per heavy atom. The predicted octanol–water partition coefficient (Wildman–Crippen LogP) is 2.80. The number of phenols is 3. The number of methoxy groups -OCH3 is 1. The van der Waals surface area contributed by atoms with Gasteiger partial charge in [-0.15, -0.1) is 0 Å². The van der Waals surface area contributed by atoms with E-state index in [1.807, 2.05) is 0 Å². The quantitative estimate of drug-likeness (QED) is 0.753. The Morgan fingerprint density at radius 3 is 2.33 bits per heavy atom. The predicted molar refractivity (Wildman–Crippen MR) is 77.2 cm³/mol. The van der Waals surface area contributed by atoms with E-state index >= 15 is 0 Å². The lowest BCUT2D eigenvalue weighted by Gasteiger charge is -2.13. The van der Waals surface area contributed by atoms with E-state index in [1.165, 1.54) is 25.3 Å². The van der Waals surface area contributed by atoms with Gasteiger partial charge in [0.25, 0.3) is 0 Å². The Bertz CT molecular complexity index is 678. The van der Waals surface area contributed by atoms with Crippen LogP contribution >= 0.6 is 0 Å². The number of rotatable bonds is 4. The summed E-state index contributed by atoms with van der Waals surface area (Å²) in [5.74, 6) is -0.979. The third-order valence-corrected chi connectivity index (χ3v) is 3.34. The molecule has 0 radical (unpaired) electrons. The highest BCUT2D eigenvalue weighted by molar-refractivity contribution is 6.03. The Hall–Kier alpha value is -2.69. The van der Waals surface area contributed by atoms with Crippen LogP contribution in [0.15, 0.2) is 36.4 Å². The minimum atomic E-state index is -0.558. The van der Waals surface area contributed by atoms with Gasteiger partial charge in [0.1, 0.15) is 11.5 Å². The number of hydrogen-bond donors (Lipinski definition) is 3. The van der Waals surface area contributed by atoms with Crippen molar-refractivity contribution in [2.24, 2.45) is 0 Å². The van der Waals surface area contributed by atoms with Gasteiger partial charge in [0.15, 0.2) is 17.3 Å². The Kier molecular flexibility index (Phi) is 4.03. The van der Waals surface area contributed by atoms with E-state index < -0.39 is 5.92 Å². The van der Waals surface area contributed by atoms with Gasteiger partial charge >= 0.3 is 0 Å². The average molecular weight is 288 g/mol. The molecule has 2 rings (SSSR count). The minimum absolute atomic E-state index is 0.0513. The summed E-state index contributed by atoms with van der Waals surface area (Å²) in [6.07, 6.45) is 0. The number of Topliss-reactive ketones (excluding diaryl/α,β-unsaturated/α-hetero) is 1. The summed E-state index contributed by atoms with van der Waals surface area (Å²) in [4.78, 5) is 12.4. The van der Waals surface area contributed by atoms with Crippen molar-refractivity contribution in [1.82, 2.24) is 0 Å². The van der Waals surface area contributed by atoms with Crippen molar-refractivity contribution in [3.63, 3.8) is 0 Å². The van der Waals surface area contributed by atoms with E-state index in [0.717, 1.165) is 6.07 Å². The molecule has 0 unspecified atom stereocenters. The summed E-state index contributed by atoms with van der Waals surface area (Å²) in [7, 11) is 1.44. The first-order valence-corrected chi connectivity index (χ1v) is 6.37. The van der Waals surface area contributed by atoms with E-state index in [9.17, 15) is 20.1 Å². The summed E-state index contributed by atoms with van der Waals surface area (Å²) < 4.78 is 4.95. The van der Waals surface area contributed by atoms with Crippen molar-refractivity contribution >= 4 is 5.78 Å². The lowest BCUT2D eigenvalue weighted by molar-refractivity contribution is 0.0963. The van der Waals surface area contributed by atoms with Crippen LogP contribution in [0, 0.1) is 0 Å². The zero-order valence-corrected chi connectivity index (χ0v) is 11.7. The Labute approximate surface area is 122 Å². The highest BCUT2D eigenvalue weighted by Gasteiger charge is 2.21. The van der Waals surface area contributed by atoms with E-state index in [4.69, 9.17) is 4.74 Å². The number of aromatic hydroxyl groups is 3. The van der Waals surface area contributed by atoms with Crippen LogP contribution in [0.3, 0.4) is 0 Å². The van der Waals surface area contributed by atoms with E-state index in [-0.39, 0.29) is 28.6 Å². The Balaban J connectivity index is 2.32. The molecule has 0 saturated carbocycles. The molecular formula is C16H16O5. The van der Waals surface area contributed by atoms with Crippen LogP contribution in [-0.4, -0.2) is 28.2 Å². The number of ketones is 1. The van der Waals surface area contributed by atoms with E-state index in [1.54, 1.807) is 19.1 Å². The molecule has 3 N–H and O–H groups in total. The molecule has 0 aliphatic carbocycles. The fourth-order valence-corrected chi connectivity index (χ4v) is 2.09. The monoisotopic (exact) mass is 288 g/mol. The number of benzene rings is 2. The molecule has 0 heterocycles. The van der Waals surface area contributed by atoms with Gasteiger partial charge in [-0.3, -0.25) is 4.79 Å². The molecule has 0 aromatic heterocycles. The zero-order valence-electron chi connectivity index (χ0n) is 11.7. The smallest absolute Gasteiger partial charge is 0.173 e. The molecule has 0 amide bonds. The lowest BCUT2D eigenvalue weighted by Crippen LogP contribution is -2.10. The second-order valence-electron chi connectivity index (χ2n) is 4.72. The van der Waals surface area contributed by atoms with E-state index in [0.29, 0.717) is 11.3 Å². The molecule has 110 valence electrons. The number of hydrogen-bond acceptors (Lipinski definition) is 5. The molecule has 2 aromatic rings. The van der Waals surface area contributed by atoms with Crippen LogP contribution in [0.2, 0.25) is 0 Å². The standard InChI is InChI=1S/C16H16O5/c1-9(10-3-6-15(21-2)14(19)7-10)16(20)12-5-4-11(17)8-13(12)18/h3-9,17-19H,1-2H3/t9-/m1/s1. The van der Waals surface area contributed by atoms with Crippen molar-refractivity contribution in [3.8, 4) is 23.0 Å². The molecule has 0 bridgehead atoms. The summed E-state index contributed by atoms with van der Waals surface area (Å²) in [5.41, 5.74) is 0.724. The van der Waals surface area contributed by atoms with Crippen LogP contribution in [0.5, 0.6) is 23.0 Å². The SMILES string of the molecule is COc1ccc([C@@H](C)C(=O)c2ccc(O)cc2O)cc1O. The van der Waals surface area contributed by atoms with Gasteiger partial charge in [-0.25, -0.2) is 0 Å². The summed E-state index contributed by atoms with van der Waals surface area (Å²) in [5, 5.41) is 28.8. The van der Waals surface area contributed by atoms with Crippen LogP contribution in [0.25, 0.3) is 0 Å². The molecule has 2 aromatic carbocycles. The molecule has 0 aliphatic rings. The van der Waals surface area contributed by atoms with Gasteiger partial charge in [0, 0.05) is 12.0 Å².